The Hall–Kier alpha value is -4.18. The Labute approximate surface area is 257 Å². The quantitative estimate of drug-likeness (QED) is 0.170. The Morgan fingerprint density at radius 2 is 1.36 bits per heavy atom. The molecule has 2 amide bonds. The van der Waals surface area contributed by atoms with Gasteiger partial charge in [0.25, 0.3) is 0 Å². The Kier molecular flexibility index (Phi) is 6.53. The van der Waals surface area contributed by atoms with Crippen molar-refractivity contribution in [3.05, 3.63) is 130 Å². The second kappa shape index (κ2) is 10.3. The molecule has 1 atom stereocenters. The van der Waals surface area contributed by atoms with Gasteiger partial charge in [-0.05, 0) is 70.3 Å². The van der Waals surface area contributed by atoms with Crippen molar-refractivity contribution >= 4 is 51.2 Å². The lowest BCUT2D eigenvalue weighted by Crippen LogP contribution is -2.38. The number of hydrogen-bond acceptors (Lipinski definition) is 3. The molecule has 0 unspecified atom stereocenters. The summed E-state index contributed by atoms with van der Waals surface area (Å²) in [6.45, 7) is 1.24. The molecule has 2 fully saturated rings. The van der Waals surface area contributed by atoms with Crippen molar-refractivity contribution in [1.29, 1.82) is 0 Å². The minimum atomic E-state index is -0.958. The van der Waals surface area contributed by atoms with Crippen molar-refractivity contribution in [2.75, 3.05) is 24.5 Å². The minimum absolute atomic E-state index is 0.0141. The molecular formula is C34H29IN4O3. The summed E-state index contributed by atoms with van der Waals surface area (Å²) in [6.07, 6.45) is 0.267. The van der Waals surface area contributed by atoms with E-state index in [0.717, 1.165) is 37.0 Å². The fourth-order valence-corrected chi connectivity index (χ4v) is 7.53. The maximum atomic E-state index is 13.7. The molecule has 0 bridgehead atoms. The minimum Gasteiger partial charge on any atom is -0.465 e. The highest BCUT2D eigenvalue weighted by Crippen LogP contribution is 2.45. The van der Waals surface area contributed by atoms with Crippen LogP contribution >= 0.6 is 22.6 Å². The second-order valence-corrected chi connectivity index (χ2v) is 12.2. The fourth-order valence-electron chi connectivity index (χ4n) is 6.88. The number of fused-ring (bicyclic) bond motifs is 1. The third-order valence-electron chi connectivity index (χ3n) is 8.96. The van der Waals surface area contributed by atoms with Gasteiger partial charge in [0.05, 0.1) is 10.9 Å². The summed E-state index contributed by atoms with van der Waals surface area (Å²) in [5, 5.41) is 15.7. The molecule has 0 aliphatic carbocycles. The zero-order valence-corrected chi connectivity index (χ0v) is 25.0. The van der Waals surface area contributed by atoms with Crippen LogP contribution < -0.4 is 4.90 Å². The highest BCUT2D eigenvalue weighted by molar-refractivity contribution is 14.1. The highest BCUT2D eigenvalue weighted by atomic mass is 127. The molecule has 210 valence electrons. The molecule has 1 spiro atoms. The smallest absolute Gasteiger partial charge is 0.407 e. The number of carboxylic acid groups (broad SMARTS) is 1. The number of amides is 2. The first-order valence-electron chi connectivity index (χ1n) is 14.1. The SMILES string of the molecule is O=C(O)N1CC[C@]2(CCN(c3ccc4c(c3)c(I)nn4C(c3ccccc3)(c3ccccc3)c3ccccc3)C2=O)C1. The molecule has 8 heteroatoms. The van der Waals surface area contributed by atoms with E-state index < -0.39 is 17.0 Å². The molecule has 2 aliphatic rings. The second-order valence-electron chi connectivity index (χ2n) is 11.2. The summed E-state index contributed by atoms with van der Waals surface area (Å²) < 4.78 is 2.97. The van der Waals surface area contributed by atoms with E-state index in [2.05, 4.69) is 112 Å². The lowest BCUT2D eigenvalue weighted by molar-refractivity contribution is -0.124. The number of anilines is 1. The van der Waals surface area contributed by atoms with Gasteiger partial charge in [-0.15, -0.1) is 0 Å². The van der Waals surface area contributed by atoms with Crippen LogP contribution in [0.5, 0.6) is 0 Å². The van der Waals surface area contributed by atoms with E-state index in [0.29, 0.717) is 25.9 Å². The maximum absolute atomic E-state index is 13.7. The van der Waals surface area contributed by atoms with Crippen LogP contribution in [0.25, 0.3) is 10.9 Å². The average Bonchev–Trinajstić information content (AvgIpc) is 3.71. The van der Waals surface area contributed by atoms with E-state index >= 15 is 0 Å². The van der Waals surface area contributed by atoms with E-state index in [4.69, 9.17) is 5.10 Å². The molecule has 42 heavy (non-hydrogen) atoms. The molecule has 0 radical (unpaired) electrons. The van der Waals surface area contributed by atoms with Gasteiger partial charge in [-0.25, -0.2) is 9.48 Å². The fraction of sp³-hybridized carbons (Fsp3) is 0.206. The number of benzene rings is 4. The number of hydrogen-bond donors (Lipinski definition) is 1. The van der Waals surface area contributed by atoms with Gasteiger partial charge in [-0.3, -0.25) is 4.79 Å². The first kappa shape index (κ1) is 26.7. The lowest BCUT2D eigenvalue weighted by atomic mass is 9.77. The topological polar surface area (TPSA) is 78.7 Å². The van der Waals surface area contributed by atoms with Crippen LogP contribution in [0.4, 0.5) is 10.5 Å². The molecule has 1 N–H and O–H groups in total. The normalized spacial score (nSPS) is 18.8. The van der Waals surface area contributed by atoms with Gasteiger partial charge in [-0.1, -0.05) is 91.0 Å². The van der Waals surface area contributed by atoms with Crippen LogP contribution in [0.15, 0.2) is 109 Å². The van der Waals surface area contributed by atoms with Crippen LogP contribution in [-0.2, 0) is 10.3 Å². The van der Waals surface area contributed by atoms with Crippen LogP contribution in [0.3, 0.4) is 0 Å². The molecule has 0 saturated carbocycles. The molecule has 3 heterocycles. The summed E-state index contributed by atoms with van der Waals surface area (Å²) in [5.41, 5.74) is 3.67. The third-order valence-corrected chi connectivity index (χ3v) is 9.76. The first-order chi connectivity index (χ1) is 20.4. The Balaban J connectivity index is 1.39. The number of carbonyl (C=O) groups is 2. The van der Waals surface area contributed by atoms with E-state index in [-0.39, 0.29) is 12.5 Å². The van der Waals surface area contributed by atoms with Crippen LogP contribution in [0.2, 0.25) is 0 Å². The monoisotopic (exact) mass is 668 g/mol. The van der Waals surface area contributed by atoms with Crippen LogP contribution in [0, 0.1) is 9.12 Å². The number of aromatic nitrogens is 2. The van der Waals surface area contributed by atoms with Gasteiger partial charge in [-0.2, -0.15) is 5.10 Å². The van der Waals surface area contributed by atoms with Crippen molar-refractivity contribution in [2.24, 2.45) is 5.41 Å². The molecule has 7 rings (SSSR count). The molecule has 7 nitrogen and oxygen atoms in total. The standard InChI is InChI=1S/C34H29IN4O3/c35-30-28-22-27(38-21-19-33(31(38)40)18-20-37(23-33)32(41)42)16-17-29(28)39(36-30)34(24-10-4-1-5-11-24,25-12-6-2-7-13-25)26-14-8-3-9-15-26/h1-17,22H,18-21,23H2,(H,41,42)/t33-/m0/s1. The van der Waals surface area contributed by atoms with E-state index in [9.17, 15) is 14.7 Å². The van der Waals surface area contributed by atoms with Crippen molar-refractivity contribution in [1.82, 2.24) is 14.7 Å². The summed E-state index contributed by atoms with van der Waals surface area (Å²) in [6, 6.07) is 37.5. The average molecular weight is 669 g/mol. The molecular weight excluding hydrogens is 639 g/mol. The van der Waals surface area contributed by atoms with Gasteiger partial charge in [0, 0.05) is 30.7 Å². The zero-order chi connectivity index (χ0) is 28.9. The summed E-state index contributed by atoms with van der Waals surface area (Å²) >= 11 is 2.30. The van der Waals surface area contributed by atoms with Gasteiger partial charge >= 0.3 is 6.09 Å². The van der Waals surface area contributed by atoms with Crippen LogP contribution in [0.1, 0.15) is 29.5 Å². The maximum Gasteiger partial charge on any atom is 0.407 e. The highest BCUT2D eigenvalue weighted by Gasteiger charge is 2.52. The third kappa shape index (κ3) is 4.03. The zero-order valence-electron chi connectivity index (χ0n) is 22.9. The largest absolute Gasteiger partial charge is 0.465 e. The van der Waals surface area contributed by atoms with Crippen molar-refractivity contribution in [3.63, 3.8) is 0 Å². The molecule has 2 saturated heterocycles. The van der Waals surface area contributed by atoms with Gasteiger partial charge in [0.2, 0.25) is 5.91 Å². The molecule has 2 aliphatic heterocycles. The Morgan fingerprint density at radius 3 is 1.88 bits per heavy atom. The number of rotatable bonds is 5. The molecule has 1 aromatic heterocycles. The number of likely N-dealkylation sites (tertiary alicyclic amines) is 1. The predicted octanol–water partition coefficient (Wildman–Crippen LogP) is 6.59. The van der Waals surface area contributed by atoms with E-state index in [1.165, 1.54) is 4.90 Å². The van der Waals surface area contributed by atoms with Crippen molar-refractivity contribution < 1.29 is 14.7 Å². The van der Waals surface area contributed by atoms with Gasteiger partial charge in [0.15, 0.2) is 0 Å². The summed E-state index contributed by atoms with van der Waals surface area (Å²) in [5.74, 6) is 0.0141. The van der Waals surface area contributed by atoms with Crippen molar-refractivity contribution in [2.45, 2.75) is 18.4 Å². The molecule has 5 aromatic rings. The van der Waals surface area contributed by atoms with E-state index in [1.807, 2.05) is 29.2 Å². The van der Waals surface area contributed by atoms with Gasteiger partial charge in [0.1, 0.15) is 9.24 Å². The summed E-state index contributed by atoms with van der Waals surface area (Å²) in [4.78, 5) is 28.5. The van der Waals surface area contributed by atoms with E-state index in [1.54, 1.807) is 0 Å². The first-order valence-corrected chi connectivity index (χ1v) is 15.2. The number of nitrogens with zero attached hydrogens (tertiary/aromatic N) is 4. The number of halogens is 1. The predicted molar refractivity (Wildman–Crippen MR) is 171 cm³/mol. The number of carbonyl (C=O) groups excluding carboxylic acids is 1. The van der Waals surface area contributed by atoms with Gasteiger partial charge < -0.3 is 14.9 Å². The Morgan fingerprint density at radius 1 is 0.810 bits per heavy atom. The molecule has 4 aromatic carbocycles. The summed E-state index contributed by atoms with van der Waals surface area (Å²) in [7, 11) is 0. The lowest BCUT2D eigenvalue weighted by Gasteiger charge is -2.37. The Bertz CT molecular complexity index is 1700. The van der Waals surface area contributed by atoms with Crippen LogP contribution in [-0.4, -0.2) is 51.4 Å². The van der Waals surface area contributed by atoms with Crippen molar-refractivity contribution in [3.8, 4) is 0 Å².